The summed E-state index contributed by atoms with van der Waals surface area (Å²) < 4.78 is 11.7. The van der Waals surface area contributed by atoms with Gasteiger partial charge in [-0.2, -0.15) is 5.10 Å². The lowest BCUT2D eigenvalue weighted by Gasteiger charge is -2.24. The van der Waals surface area contributed by atoms with Crippen LogP contribution in [0.25, 0.3) is 16.7 Å². The largest absolute Gasteiger partial charge is 0.465 e. The molecule has 32 heavy (non-hydrogen) atoms. The Bertz CT molecular complexity index is 1320. The van der Waals surface area contributed by atoms with Crippen LogP contribution in [-0.2, 0) is 19.1 Å². The monoisotopic (exact) mass is 430 g/mol. The normalized spacial score (nSPS) is 13.4. The number of hydrogen-bond donors (Lipinski definition) is 0. The van der Waals surface area contributed by atoms with E-state index in [4.69, 9.17) is 14.5 Å². The highest BCUT2D eigenvalue weighted by atomic mass is 16.5. The number of nitrogens with zero attached hydrogens (tertiary/aromatic N) is 4. The van der Waals surface area contributed by atoms with Crippen molar-refractivity contribution in [2.75, 3.05) is 19.1 Å². The lowest BCUT2D eigenvalue weighted by atomic mass is 10.1. The number of hydrogen-bond acceptors (Lipinski definition) is 7. The summed E-state index contributed by atoms with van der Waals surface area (Å²) in [6.45, 7) is 3.88. The fourth-order valence-corrected chi connectivity index (χ4v) is 3.65. The molecule has 0 radical (unpaired) electrons. The maximum Gasteiger partial charge on any atom is 0.355 e. The molecule has 0 atom stereocenters. The third-order valence-electron chi connectivity index (χ3n) is 5.06. The fourth-order valence-electron chi connectivity index (χ4n) is 3.65. The van der Waals surface area contributed by atoms with Crippen LogP contribution >= 0.6 is 0 Å². The topological polar surface area (TPSA) is 86.6 Å². The van der Waals surface area contributed by atoms with Crippen LogP contribution in [0.5, 0.6) is 0 Å². The minimum atomic E-state index is -0.673. The van der Waals surface area contributed by atoms with E-state index >= 15 is 0 Å². The Hall–Kier alpha value is -4.20. The molecule has 0 unspecified atom stereocenters. The third kappa shape index (κ3) is 3.66. The molecule has 0 saturated carbocycles. The number of esters is 2. The zero-order valence-corrected chi connectivity index (χ0v) is 18.2. The van der Waals surface area contributed by atoms with Crippen LogP contribution in [0.15, 0.2) is 72.1 Å². The lowest BCUT2D eigenvalue weighted by molar-refractivity contribution is -0.139. The van der Waals surface area contributed by atoms with E-state index < -0.39 is 11.9 Å². The van der Waals surface area contributed by atoms with Gasteiger partial charge in [0.05, 0.1) is 36.7 Å². The van der Waals surface area contributed by atoms with Crippen LogP contribution in [-0.4, -0.2) is 40.9 Å². The number of carbonyl (C=O) groups is 2. The molecule has 3 aromatic rings. The van der Waals surface area contributed by atoms with E-state index in [1.54, 1.807) is 27.9 Å². The van der Waals surface area contributed by atoms with E-state index in [0.29, 0.717) is 17.0 Å². The molecule has 0 fully saturated rings. The summed E-state index contributed by atoms with van der Waals surface area (Å²) in [7, 11) is 2.53. The molecule has 3 heterocycles. The molecule has 0 bridgehead atoms. The van der Waals surface area contributed by atoms with Crippen molar-refractivity contribution in [1.82, 2.24) is 14.8 Å². The molecule has 0 aliphatic carbocycles. The van der Waals surface area contributed by atoms with Gasteiger partial charge in [-0.1, -0.05) is 18.2 Å². The smallest absolute Gasteiger partial charge is 0.355 e. The molecule has 0 amide bonds. The van der Waals surface area contributed by atoms with E-state index in [0.717, 1.165) is 16.8 Å². The Kier molecular flexibility index (Phi) is 5.59. The Morgan fingerprint density at radius 3 is 2.44 bits per heavy atom. The first-order valence-electron chi connectivity index (χ1n) is 9.93. The van der Waals surface area contributed by atoms with Gasteiger partial charge >= 0.3 is 11.9 Å². The number of methoxy groups -OCH3 is 2. The van der Waals surface area contributed by atoms with Crippen molar-refractivity contribution in [3.8, 4) is 5.82 Å². The van der Waals surface area contributed by atoms with Gasteiger partial charge in [0.1, 0.15) is 5.70 Å². The lowest BCUT2D eigenvalue weighted by Crippen LogP contribution is -2.27. The number of carbonyl (C=O) groups excluding carboxylic acids is 2. The van der Waals surface area contributed by atoms with Crippen molar-refractivity contribution in [2.24, 2.45) is 0 Å². The van der Waals surface area contributed by atoms with Crippen LogP contribution in [0.1, 0.15) is 11.4 Å². The fraction of sp³-hybridized carbons (Fsp3) is 0.167. The highest BCUT2D eigenvalue weighted by molar-refractivity contribution is 6.07. The van der Waals surface area contributed by atoms with E-state index in [1.807, 2.05) is 50.2 Å². The average molecular weight is 430 g/mol. The van der Waals surface area contributed by atoms with Crippen molar-refractivity contribution in [1.29, 1.82) is 0 Å². The number of para-hydroxylation sites is 1. The summed E-state index contributed by atoms with van der Waals surface area (Å²) in [6.07, 6.45) is 6.59. The number of allylic oxidation sites excluding steroid dienone is 2. The summed E-state index contributed by atoms with van der Waals surface area (Å²) in [4.78, 5) is 31.7. The second-order valence-electron chi connectivity index (χ2n) is 7.17. The quantitative estimate of drug-likeness (QED) is 0.585. The highest BCUT2D eigenvalue weighted by Gasteiger charge is 2.28. The van der Waals surface area contributed by atoms with Gasteiger partial charge in [0.15, 0.2) is 5.82 Å². The molecule has 0 N–H and O–H groups in total. The zero-order valence-electron chi connectivity index (χ0n) is 18.2. The number of ether oxygens (including phenoxy) is 2. The van der Waals surface area contributed by atoms with Gasteiger partial charge in [-0.25, -0.2) is 19.3 Å². The minimum absolute atomic E-state index is 0.0372. The molecule has 2 aromatic heterocycles. The minimum Gasteiger partial charge on any atom is -0.465 e. The van der Waals surface area contributed by atoms with E-state index in [-0.39, 0.29) is 11.3 Å². The summed E-state index contributed by atoms with van der Waals surface area (Å²) >= 11 is 0. The first-order valence-corrected chi connectivity index (χ1v) is 9.93. The number of aryl methyl sites for hydroxylation is 2. The van der Waals surface area contributed by atoms with E-state index in [1.165, 1.54) is 20.3 Å². The predicted octanol–water partition coefficient (Wildman–Crippen LogP) is 3.53. The highest BCUT2D eigenvalue weighted by Crippen LogP contribution is 2.32. The average Bonchev–Trinajstić information content (AvgIpc) is 3.01. The second-order valence-corrected chi connectivity index (χ2v) is 7.17. The van der Waals surface area contributed by atoms with Crippen molar-refractivity contribution < 1.29 is 19.1 Å². The summed E-state index contributed by atoms with van der Waals surface area (Å²) in [6, 6.07) is 11.4. The molecule has 162 valence electrons. The molecule has 1 aliphatic rings. The Morgan fingerprint density at radius 2 is 1.75 bits per heavy atom. The van der Waals surface area contributed by atoms with Gasteiger partial charge in [0.2, 0.25) is 0 Å². The first kappa shape index (κ1) is 21.0. The Labute approximate surface area is 185 Å². The molecule has 1 aliphatic heterocycles. The second kappa shape index (κ2) is 8.50. The van der Waals surface area contributed by atoms with Crippen LogP contribution in [0.2, 0.25) is 0 Å². The van der Waals surface area contributed by atoms with Crippen molar-refractivity contribution >= 4 is 28.5 Å². The molecule has 1 aromatic carbocycles. The van der Waals surface area contributed by atoms with Gasteiger partial charge in [-0.3, -0.25) is 0 Å². The number of benzene rings is 1. The molecular weight excluding hydrogens is 408 g/mol. The SMILES string of the molecule is COC(=O)C1=C(C(=O)OC)N(c2cccc3ccc(-n4nc(C)cc4C)nc23)C=CC=C1. The molecule has 4 rings (SSSR count). The van der Waals surface area contributed by atoms with Gasteiger partial charge in [-0.15, -0.1) is 0 Å². The number of anilines is 1. The first-order chi connectivity index (χ1) is 15.4. The van der Waals surface area contributed by atoms with Gasteiger partial charge < -0.3 is 14.4 Å². The zero-order chi connectivity index (χ0) is 22.8. The van der Waals surface area contributed by atoms with E-state index in [2.05, 4.69) is 5.10 Å². The van der Waals surface area contributed by atoms with Gasteiger partial charge in [-0.05, 0) is 50.3 Å². The van der Waals surface area contributed by atoms with Crippen LogP contribution < -0.4 is 4.90 Å². The van der Waals surface area contributed by atoms with Crippen LogP contribution in [0, 0.1) is 13.8 Å². The molecule has 8 heteroatoms. The standard InChI is InChI=1S/C24H22N4O4/c1-15-14-16(2)28(26-15)20-12-11-17-8-7-10-19(21(17)25-20)27-13-6-5-9-18(23(29)31-3)22(27)24(30)32-4/h5-14H,1-4H3. The maximum atomic E-state index is 12.8. The Morgan fingerprint density at radius 1 is 0.969 bits per heavy atom. The number of pyridine rings is 1. The van der Waals surface area contributed by atoms with Crippen molar-refractivity contribution in [2.45, 2.75) is 13.8 Å². The van der Waals surface area contributed by atoms with Crippen LogP contribution in [0.4, 0.5) is 5.69 Å². The number of aromatic nitrogens is 3. The molecule has 0 saturated heterocycles. The molecule has 8 nitrogen and oxygen atoms in total. The summed E-state index contributed by atoms with van der Waals surface area (Å²) in [5.74, 6) is -0.676. The third-order valence-corrected chi connectivity index (χ3v) is 5.06. The number of fused-ring (bicyclic) bond motifs is 1. The summed E-state index contributed by atoms with van der Waals surface area (Å²) in [5, 5.41) is 5.38. The maximum absolute atomic E-state index is 12.8. The van der Waals surface area contributed by atoms with Gasteiger partial charge in [0, 0.05) is 17.3 Å². The van der Waals surface area contributed by atoms with Crippen molar-refractivity contribution in [3.63, 3.8) is 0 Å². The number of rotatable bonds is 4. The molecule has 0 spiro atoms. The summed E-state index contributed by atoms with van der Waals surface area (Å²) in [5.41, 5.74) is 3.19. The van der Waals surface area contributed by atoms with Crippen molar-refractivity contribution in [3.05, 3.63) is 83.5 Å². The molecular formula is C24H22N4O4. The van der Waals surface area contributed by atoms with Crippen LogP contribution in [0.3, 0.4) is 0 Å². The Balaban J connectivity index is 1.96. The van der Waals surface area contributed by atoms with E-state index in [9.17, 15) is 9.59 Å². The van der Waals surface area contributed by atoms with Gasteiger partial charge in [0.25, 0.3) is 0 Å². The predicted molar refractivity (Wildman–Crippen MR) is 120 cm³/mol.